The number of rotatable bonds is 1. The maximum Gasteiger partial charge on any atom is 0.200 e. The lowest BCUT2D eigenvalue weighted by atomic mass is 10.1. The number of pyridine rings is 1. The van der Waals surface area contributed by atoms with Crippen molar-refractivity contribution in [3.63, 3.8) is 0 Å². The van der Waals surface area contributed by atoms with Crippen molar-refractivity contribution in [2.45, 2.75) is 13.5 Å². The molecule has 0 unspecified atom stereocenters. The molecule has 2 N–H and O–H groups in total. The molecule has 4 heteroatoms. The van der Waals surface area contributed by atoms with Crippen molar-refractivity contribution in [3.05, 3.63) is 46.6 Å². The number of fused-ring (bicyclic) bond motifs is 2. The molecule has 0 amide bonds. The number of aromatic nitrogens is 1. The maximum absolute atomic E-state index is 12.4. The second-order valence-corrected chi connectivity index (χ2v) is 4.45. The highest BCUT2D eigenvalue weighted by molar-refractivity contribution is 5.97. The molecule has 1 aromatic heterocycles. The number of phenols is 2. The highest BCUT2D eigenvalue weighted by atomic mass is 16.3. The van der Waals surface area contributed by atoms with E-state index in [1.807, 2.05) is 23.6 Å². The van der Waals surface area contributed by atoms with Crippen LogP contribution in [0.3, 0.4) is 0 Å². The SMILES string of the molecule is CCn1c2ccccc2c(=O)c2c(O)cc(O)cc21. The fraction of sp³-hybridized carbons (Fsp3) is 0.133. The molecule has 0 spiro atoms. The van der Waals surface area contributed by atoms with Gasteiger partial charge in [-0.2, -0.15) is 0 Å². The molecule has 0 saturated carbocycles. The minimum Gasteiger partial charge on any atom is -0.508 e. The Morgan fingerprint density at radius 3 is 2.58 bits per heavy atom. The summed E-state index contributed by atoms with van der Waals surface area (Å²) in [6.07, 6.45) is 0. The molecule has 0 fully saturated rings. The Morgan fingerprint density at radius 1 is 1.11 bits per heavy atom. The fourth-order valence-electron chi connectivity index (χ4n) is 2.55. The lowest BCUT2D eigenvalue weighted by Crippen LogP contribution is -2.10. The summed E-state index contributed by atoms with van der Waals surface area (Å²) in [5.41, 5.74) is 1.13. The third-order valence-electron chi connectivity index (χ3n) is 3.36. The summed E-state index contributed by atoms with van der Waals surface area (Å²) in [5.74, 6) is -0.241. The minimum atomic E-state index is -0.215. The molecule has 0 radical (unpaired) electrons. The Bertz CT molecular complexity index is 849. The van der Waals surface area contributed by atoms with Gasteiger partial charge in [-0.15, -0.1) is 0 Å². The van der Waals surface area contributed by atoms with E-state index in [1.54, 1.807) is 12.1 Å². The van der Waals surface area contributed by atoms with Gasteiger partial charge >= 0.3 is 0 Å². The van der Waals surface area contributed by atoms with Crippen LogP contribution in [0.2, 0.25) is 0 Å². The van der Waals surface area contributed by atoms with E-state index < -0.39 is 0 Å². The van der Waals surface area contributed by atoms with Crippen LogP contribution in [-0.2, 0) is 6.54 Å². The van der Waals surface area contributed by atoms with Gasteiger partial charge in [0.1, 0.15) is 11.5 Å². The number of aryl methyl sites for hydroxylation is 1. The van der Waals surface area contributed by atoms with E-state index in [1.165, 1.54) is 12.1 Å². The van der Waals surface area contributed by atoms with Crippen LogP contribution in [0.15, 0.2) is 41.2 Å². The molecule has 96 valence electrons. The number of benzene rings is 2. The van der Waals surface area contributed by atoms with Gasteiger partial charge in [0, 0.05) is 24.1 Å². The molecular weight excluding hydrogens is 242 g/mol. The molecule has 0 atom stereocenters. The summed E-state index contributed by atoms with van der Waals surface area (Å²) in [7, 11) is 0. The third-order valence-corrected chi connectivity index (χ3v) is 3.36. The number of phenolic OH excluding ortho intramolecular Hbond substituents is 2. The molecule has 0 aliphatic rings. The lowest BCUT2D eigenvalue weighted by Gasteiger charge is -2.14. The normalized spacial score (nSPS) is 11.2. The second kappa shape index (κ2) is 4.02. The van der Waals surface area contributed by atoms with Gasteiger partial charge in [0.25, 0.3) is 0 Å². The van der Waals surface area contributed by atoms with E-state index in [0.29, 0.717) is 17.4 Å². The van der Waals surface area contributed by atoms with Gasteiger partial charge in [-0.1, -0.05) is 12.1 Å². The fourth-order valence-corrected chi connectivity index (χ4v) is 2.55. The monoisotopic (exact) mass is 255 g/mol. The van der Waals surface area contributed by atoms with Gasteiger partial charge in [-0.05, 0) is 19.1 Å². The van der Waals surface area contributed by atoms with E-state index in [9.17, 15) is 15.0 Å². The van der Waals surface area contributed by atoms with Gasteiger partial charge in [0.05, 0.1) is 16.4 Å². The van der Waals surface area contributed by atoms with Crippen LogP contribution in [0.1, 0.15) is 6.92 Å². The van der Waals surface area contributed by atoms with Crippen molar-refractivity contribution >= 4 is 21.8 Å². The molecule has 0 aliphatic heterocycles. The Labute approximate surface area is 109 Å². The summed E-state index contributed by atoms with van der Waals surface area (Å²) in [6.45, 7) is 2.59. The number of aromatic hydroxyl groups is 2. The zero-order valence-corrected chi connectivity index (χ0v) is 10.4. The Hall–Kier alpha value is -2.49. The van der Waals surface area contributed by atoms with Gasteiger partial charge in [0.15, 0.2) is 0 Å². The predicted molar refractivity (Wildman–Crippen MR) is 74.7 cm³/mol. The predicted octanol–water partition coefficient (Wildman–Crippen LogP) is 2.59. The molecule has 2 aromatic carbocycles. The van der Waals surface area contributed by atoms with Crippen LogP contribution in [0.25, 0.3) is 21.8 Å². The van der Waals surface area contributed by atoms with Gasteiger partial charge < -0.3 is 14.8 Å². The van der Waals surface area contributed by atoms with Crippen LogP contribution in [0.5, 0.6) is 11.5 Å². The number of nitrogens with zero attached hydrogens (tertiary/aromatic N) is 1. The largest absolute Gasteiger partial charge is 0.508 e. The van der Waals surface area contributed by atoms with E-state index in [0.717, 1.165) is 5.52 Å². The first-order valence-electron chi connectivity index (χ1n) is 6.10. The molecule has 3 aromatic rings. The summed E-state index contributed by atoms with van der Waals surface area (Å²) in [5, 5.41) is 20.4. The van der Waals surface area contributed by atoms with Crippen LogP contribution < -0.4 is 5.43 Å². The summed E-state index contributed by atoms with van der Waals surface area (Å²) >= 11 is 0. The van der Waals surface area contributed by atoms with Gasteiger partial charge in [0.2, 0.25) is 5.43 Å². The number of hydrogen-bond acceptors (Lipinski definition) is 3. The quantitative estimate of drug-likeness (QED) is 0.657. The first-order valence-corrected chi connectivity index (χ1v) is 6.10. The minimum absolute atomic E-state index is 0.0538. The van der Waals surface area contributed by atoms with Crippen molar-refractivity contribution in [1.29, 1.82) is 0 Å². The van der Waals surface area contributed by atoms with Crippen LogP contribution in [0, 0.1) is 0 Å². The molecule has 1 heterocycles. The average molecular weight is 255 g/mol. The van der Waals surface area contributed by atoms with Crippen molar-refractivity contribution < 1.29 is 10.2 Å². The Kier molecular flexibility index (Phi) is 2.45. The van der Waals surface area contributed by atoms with Crippen molar-refractivity contribution in [3.8, 4) is 11.5 Å². The highest BCUT2D eigenvalue weighted by Gasteiger charge is 2.13. The average Bonchev–Trinajstić information content (AvgIpc) is 2.38. The summed E-state index contributed by atoms with van der Waals surface area (Å²) in [4.78, 5) is 12.4. The van der Waals surface area contributed by atoms with E-state index in [2.05, 4.69) is 0 Å². The van der Waals surface area contributed by atoms with E-state index in [4.69, 9.17) is 0 Å². The standard InChI is InChI=1S/C15H13NO3/c1-2-16-11-6-4-3-5-10(11)15(19)14-12(16)7-9(17)8-13(14)18/h3-8,17-18H,2H2,1H3. The van der Waals surface area contributed by atoms with E-state index in [-0.39, 0.29) is 22.3 Å². The molecular formula is C15H13NO3. The number of para-hydroxylation sites is 1. The summed E-state index contributed by atoms with van der Waals surface area (Å²) < 4.78 is 1.91. The Balaban J connectivity index is 2.70. The van der Waals surface area contributed by atoms with Gasteiger partial charge in [-0.3, -0.25) is 4.79 Å². The van der Waals surface area contributed by atoms with Crippen molar-refractivity contribution in [2.24, 2.45) is 0 Å². The summed E-state index contributed by atoms with van der Waals surface area (Å²) in [6, 6.07) is 9.97. The molecule has 0 bridgehead atoms. The molecule has 4 nitrogen and oxygen atoms in total. The number of hydrogen-bond donors (Lipinski definition) is 2. The molecule has 0 aliphatic carbocycles. The molecule has 3 rings (SSSR count). The second-order valence-electron chi connectivity index (χ2n) is 4.45. The van der Waals surface area contributed by atoms with E-state index >= 15 is 0 Å². The lowest BCUT2D eigenvalue weighted by molar-refractivity contribution is 0.454. The van der Waals surface area contributed by atoms with Gasteiger partial charge in [-0.25, -0.2) is 0 Å². The first-order chi connectivity index (χ1) is 9.13. The third kappa shape index (κ3) is 1.57. The van der Waals surface area contributed by atoms with Crippen molar-refractivity contribution in [2.75, 3.05) is 0 Å². The first kappa shape index (κ1) is 11.6. The zero-order chi connectivity index (χ0) is 13.6. The Morgan fingerprint density at radius 2 is 1.84 bits per heavy atom. The highest BCUT2D eigenvalue weighted by Crippen LogP contribution is 2.29. The van der Waals surface area contributed by atoms with Crippen LogP contribution in [0.4, 0.5) is 0 Å². The van der Waals surface area contributed by atoms with Crippen molar-refractivity contribution in [1.82, 2.24) is 4.57 Å². The van der Waals surface area contributed by atoms with Crippen LogP contribution >= 0.6 is 0 Å². The topological polar surface area (TPSA) is 62.5 Å². The smallest absolute Gasteiger partial charge is 0.200 e. The molecule has 19 heavy (non-hydrogen) atoms. The molecule has 0 saturated heterocycles. The zero-order valence-electron chi connectivity index (χ0n) is 10.4. The van der Waals surface area contributed by atoms with Crippen LogP contribution in [-0.4, -0.2) is 14.8 Å². The maximum atomic E-state index is 12.4.